The van der Waals surface area contributed by atoms with Gasteiger partial charge >= 0.3 is 0 Å². The fourth-order valence-corrected chi connectivity index (χ4v) is 6.97. The third kappa shape index (κ3) is 4.50. The normalized spacial score (nSPS) is 25.0. The third-order valence-electron chi connectivity index (χ3n) is 7.07. The van der Waals surface area contributed by atoms with Crippen molar-refractivity contribution in [1.82, 2.24) is 24.5 Å². The molecule has 0 radical (unpaired) electrons. The van der Waals surface area contributed by atoms with E-state index < -0.39 is 10.0 Å². The molecule has 5 rings (SSSR count). The van der Waals surface area contributed by atoms with E-state index in [2.05, 4.69) is 20.4 Å². The Hall–Kier alpha value is -2.66. The fourth-order valence-electron chi connectivity index (χ4n) is 5.38. The average molecular weight is 488 g/mol. The minimum Gasteiger partial charge on any atom is -0.491 e. The number of ether oxygens (including phenoxy) is 1. The number of rotatable bonds is 7. The molecule has 0 amide bonds. The van der Waals surface area contributed by atoms with Crippen molar-refractivity contribution in [2.24, 2.45) is 0 Å². The molecule has 2 aromatic rings. The molecule has 2 saturated heterocycles. The molecule has 0 aromatic carbocycles. The van der Waals surface area contributed by atoms with Crippen LogP contribution in [-0.4, -0.2) is 70.4 Å². The van der Waals surface area contributed by atoms with E-state index in [1.54, 1.807) is 6.92 Å². The summed E-state index contributed by atoms with van der Waals surface area (Å²) < 4.78 is 33.1. The molecule has 3 atom stereocenters. The van der Waals surface area contributed by atoms with Crippen molar-refractivity contribution >= 4 is 33.4 Å². The Morgan fingerprint density at radius 3 is 2.59 bits per heavy atom. The highest BCUT2D eigenvalue weighted by atomic mass is 32.2. The molecular formula is C23H33N7O3S. The van der Waals surface area contributed by atoms with Crippen LogP contribution in [0.15, 0.2) is 18.2 Å². The molecule has 2 N–H and O–H groups in total. The zero-order valence-electron chi connectivity index (χ0n) is 20.0. The summed E-state index contributed by atoms with van der Waals surface area (Å²) >= 11 is 0. The first-order valence-corrected chi connectivity index (χ1v) is 13.7. The van der Waals surface area contributed by atoms with Crippen LogP contribution in [-0.2, 0) is 14.8 Å². The van der Waals surface area contributed by atoms with Gasteiger partial charge in [0.05, 0.1) is 12.4 Å². The molecule has 3 aliphatic heterocycles. The predicted molar refractivity (Wildman–Crippen MR) is 131 cm³/mol. The maximum Gasteiger partial charge on any atom is 0.227 e. The quantitative estimate of drug-likeness (QED) is 0.612. The van der Waals surface area contributed by atoms with E-state index in [1.165, 1.54) is 0 Å². The minimum absolute atomic E-state index is 0.0404. The van der Waals surface area contributed by atoms with Crippen LogP contribution in [0.1, 0.15) is 56.8 Å². The molecule has 2 bridgehead atoms. The number of hydrogen-bond donors (Lipinski definition) is 2. The molecule has 5 heterocycles. The maximum atomic E-state index is 12.8. The van der Waals surface area contributed by atoms with Gasteiger partial charge < -0.3 is 15.0 Å². The number of sulfonamides is 1. The van der Waals surface area contributed by atoms with Gasteiger partial charge in [-0.05, 0) is 45.6 Å². The van der Waals surface area contributed by atoms with Gasteiger partial charge in [-0.2, -0.15) is 14.4 Å². The summed E-state index contributed by atoms with van der Waals surface area (Å²) in [5.74, 6) is 2.84. The number of aromatic amines is 1. The van der Waals surface area contributed by atoms with Crippen LogP contribution in [0.4, 0.5) is 17.6 Å². The van der Waals surface area contributed by atoms with E-state index in [0.717, 1.165) is 55.7 Å². The Labute approximate surface area is 200 Å². The first-order valence-electron chi connectivity index (χ1n) is 12.1. The van der Waals surface area contributed by atoms with Crippen molar-refractivity contribution in [1.29, 1.82) is 0 Å². The van der Waals surface area contributed by atoms with E-state index in [4.69, 9.17) is 14.7 Å². The maximum absolute atomic E-state index is 12.8. The lowest BCUT2D eigenvalue weighted by atomic mass is 9.83. The number of H-pyrrole nitrogens is 1. The number of nitrogens with one attached hydrogen (secondary N) is 2. The molecule has 3 aliphatic rings. The Balaban J connectivity index is 1.43. The van der Waals surface area contributed by atoms with Crippen LogP contribution < -0.4 is 10.2 Å². The summed E-state index contributed by atoms with van der Waals surface area (Å²) in [6.07, 6.45) is 7.36. The van der Waals surface area contributed by atoms with E-state index in [0.29, 0.717) is 24.2 Å². The molecule has 0 unspecified atom stereocenters. The first-order chi connectivity index (χ1) is 16.3. The number of hydrogen-bond acceptors (Lipinski definition) is 8. The highest BCUT2D eigenvalue weighted by Gasteiger charge is 2.45. The Kier molecular flexibility index (Phi) is 6.24. The van der Waals surface area contributed by atoms with Crippen molar-refractivity contribution in [3.05, 3.63) is 29.6 Å². The lowest BCUT2D eigenvalue weighted by Gasteiger charge is -2.49. The van der Waals surface area contributed by atoms with Crippen LogP contribution >= 0.6 is 0 Å². The van der Waals surface area contributed by atoms with Crippen molar-refractivity contribution in [3.63, 3.8) is 0 Å². The smallest absolute Gasteiger partial charge is 0.227 e. The molecule has 0 spiro atoms. The summed E-state index contributed by atoms with van der Waals surface area (Å²) in [6.45, 7) is 4.33. The molecule has 184 valence electrons. The second-order valence-electron chi connectivity index (χ2n) is 9.41. The van der Waals surface area contributed by atoms with Gasteiger partial charge in [-0.3, -0.25) is 5.10 Å². The molecule has 11 heteroatoms. The molecule has 0 saturated carbocycles. The zero-order valence-corrected chi connectivity index (χ0v) is 20.8. The summed E-state index contributed by atoms with van der Waals surface area (Å²) in [6, 6.07) is 4.04. The average Bonchev–Trinajstić information content (AvgIpc) is 3.49. The standard InChI is InChI=1S/C23H33N7O3S/c1-4-34(31,32)30-16-7-5-8-17(30)13-18(12-16)29(3)23-24-19(20-9-6-10-33-20)14-21(26-23)25-22-11-15(2)27-28-22/h9,11,14,16-18H,4-8,10,12-13H2,1-3H3,(H2,24,25,26,27,28)/t16-,17+,18-. The van der Waals surface area contributed by atoms with Crippen molar-refractivity contribution in [2.45, 2.75) is 70.5 Å². The highest BCUT2D eigenvalue weighted by Crippen LogP contribution is 2.38. The van der Waals surface area contributed by atoms with Gasteiger partial charge in [-0.1, -0.05) is 6.42 Å². The monoisotopic (exact) mass is 487 g/mol. The van der Waals surface area contributed by atoms with Gasteiger partial charge in [-0.25, -0.2) is 13.4 Å². The molecule has 10 nitrogen and oxygen atoms in total. The number of anilines is 3. The number of nitrogens with zero attached hydrogens (tertiary/aromatic N) is 5. The lowest BCUT2D eigenvalue weighted by molar-refractivity contribution is 0.109. The molecule has 2 fully saturated rings. The number of fused-ring (bicyclic) bond motifs is 2. The zero-order chi connectivity index (χ0) is 23.9. The van der Waals surface area contributed by atoms with Gasteiger partial charge in [0.25, 0.3) is 0 Å². The molecular weight excluding hydrogens is 454 g/mol. The molecule has 0 aliphatic carbocycles. The second kappa shape index (κ2) is 9.18. The summed E-state index contributed by atoms with van der Waals surface area (Å²) in [4.78, 5) is 11.7. The van der Waals surface area contributed by atoms with Gasteiger partial charge in [0.2, 0.25) is 16.0 Å². The number of aryl methyl sites for hydroxylation is 1. The number of aromatic nitrogens is 4. The summed E-state index contributed by atoms with van der Waals surface area (Å²) in [5, 5.41) is 10.5. The second-order valence-corrected chi connectivity index (χ2v) is 11.6. The van der Waals surface area contributed by atoms with Crippen LogP contribution in [0, 0.1) is 6.92 Å². The summed E-state index contributed by atoms with van der Waals surface area (Å²) in [7, 11) is -1.20. The van der Waals surface area contributed by atoms with Crippen LogP contribution in [0.25, 0.3) is 5.76 Å². The predicted octanol–water partition coefficient (Wildman–Crippen LogP) is 3.18. The minimum atomic E-state index is -3.21. The van der Waals surface area contributed by atoms with E-state index in [9.17, 15) is 8.42 Å². The Morgan fingerprint density at radius 1 is 1.21 bits per heavy atom. The Bertz CT molecular complexity index is 1160. The highest BCUT2D eigenvalue weighted by molar-refractivity contribution is 7.89. The molecule has 34 heavy (non-hydrogen) atoms. The third-order valence-corrected chi connectivity index (χ3v) is 9.03. The Morgan fingerprint density at radius 2 is 1.97 bits per heavy atom. The fraction of sp³-hybridized carbons (Fsp3) is 0.609. The summed E-state index contributed by atoms with van der Waals surface area (Å²) in [5.41, 5.74) is 1.69. The van der Waals surface area contributed by atoms with Gasteiger partial charge in [0.15, 0.2) is 5.82 Å². The van der Waals surface area contributed by atoms with E-state index >= 15 is 0 Å². The topological polar surface area (TPSA) is 116 Å². The first kappa shape index (κ1) is 23.1. The van der Waals surface area contributed by atoms with Gasteiger partial charge in [-0.15, -0.1) is 0 Å². The lowest BCUT2D eigenvalue weighted by Crippen LogP contribution is -2.58. The van der Waals surface area contributed by atoms with Crippen molar-refractivity contribution in [2.75, 3.05) is 29.6 Å². The largest absolute Gasteiger partial charge is 0.491 e. The van der Waals surface area contributed by atoms with Gasteiger partial charge in [0.1, 0.15) is 17.3 Å². The SMILES string of the molecule is CCS(=O)(=O)N1[C@@H]2CCC[C@H]1C[C@H](N(C)c1nc(Nc3cc(C)[nH]n3)cc(C3=CCCO3)n1)C2. The van der Waals surface area contributed by atoms with Crippen molar-refractivity contribution < 1.29 is 13.2 Å². The van der Waals surface area contributed by atoms with E-state index in [-0.39, 0.29) is 23.9 Å². The number of piperidine rings is 2. The van der Waals surface area contributed by atoms with Gasteiger partial charge in [0, 0.05) is 49.4 Å². The van der Waals surface area contributed by atoms with Crippen LogP contribution in [0.5, 0.6) is 0 Å². The van der Waals surface area contributed by atoms with E-state index in [1.807, 2.05) is 36.5 Å². The van der Waals surface area contributed by atoms with Crippen LogP contribution in [0.2, 0.25) is 0 Å². The molecule has 2 aromatic heterocycles. The van der Waals surface area contributed by atoms with Crippen molar-refractivity contribution in [3.8, 4) is 0 Å². The van der Waals surface area contributed by atoms with Crippen LogP contribution in [0.3, 0.4) is 0 Å².